The first kappa shape index (κ1) is 19.7. The van der Waals surface area contributed by atoms with Gasteiger partial charge in [0, 0.05) is 37.4 Å². The first-order valence-electron chi connectivity index (χ1n) is 10.2. The Bertz CT molecular complexity index is 917. The monoisotopic (exact) mass is 392 g/mol. The van der Waals surface area contributed by atoms with Crippen molar-refractivity contribution < 1.29 is 13.9 Å². The normalized spacial score (nSPS) is 16.4. The minimum Gasteiger partial charge on any atom is -0.496 e. The summed E-state index contributed by atoms with van der Waals surface area (Å²) in [5, 5.41) is 0. The van der Waals surface area contributed by atoms with Crippen molar-refractivity contribution in [3.05, 3.63) is 71.6 Å². The number of methoxy groups -OCH3 is 1. The van der Waals surface area contributed by atoms with E-state index in [2.05, 4.69) is 17.0 Å². The van der Waals surface area contributed by atoms with Crippen LogP contribution in [0.2, 0.25) is 0 Å². The molecule has 3 aromatic rings. The molecule has 1 saturated heterocycles. The highest BCUT2D eigenvalue weighted by Gasteiger charge is 2.22. The molecule has 0 aliphatic carbocycles. The molecule has 1 unspecified atom stereocenters. The first-order chi connectivity index (χ1) is 14.2. The SMILES string of the molecule is COc1ccccc1CN(Cc1nc(-c2ccccc2)oc1C)CC1CCCO1. The van der Waals surface area contributed by atoms with E-state index in [1.807, 2.05) is 49.4 Å². The molecule has 1 atom stereocenters. The number of para-hydroxylation sites is 1. The van der Waals surface area contributed by atoms with E-state index < -0.39 is 0 Å². The Kier molecular flexibility index (Phi) is 6.27. The van der Waals surface area contributed by atoms with Crippen molar-refractivity contribution in [3.8, 4) is 17.2 Å². The van der Waals surface area contributed by atoms with Crippen molar-refractivity contribution in [2.45, 2.75) is 39.0 Å². The maximum atomic E-state index is 5.97. The number of aromatic nitrogens is 1. The largest absolute Gasteiger partial charge is 0.496 e. The van der Waals surface area contributed by atoms with E-state index in [0.29, 0.717) is 12.4 Å². The fourth-order valence-corrected chi connectivity index (χ4v) is 3.83. The maximum absolute atomic E-state index is 5.97. The van der Waals surface area contributed by atoms with Crippen molar-refractivity contribution in [1.29, 1.82) is 0 Å². The molecule has 2 heterocycles. The lowest BCUT2D eigenvalue weighted by Gasteiger charge is -2.25. The highest BCUT2D eigenvalue weighted by Crippen LogP contribution is 2.25. The third-order valence-corrected chi connectivity index (χ3v) is 5.36. The number of hydrogen-bond donors (Lipinski definition) is 0. The fraction of sp³-hybridized carbons (Fsp3) is 0.375. The molecular formula is C24H28N2O3. The van der Waals surface area contributed by atoms with Crippen LogP contribution in [0.3, 0.4) is 0 Å². The van der Waals surface area contributed by atoms with Crippen LogP contribution in [-0.2, 0) is 17.8 Å². The molecule has 0 radical (unpaired) electrons. The summed E-state index contributed by atoms with van der Waals surface area (Å²) in [5.74, 6) is 2.44. The lowest BCUT2D eigenvalue weighted by molar-refractivity contribution is 0.0671. The van der Waals surface area contributed by atoms with Crippen LogP contribution in [0.1, 0.15) is 29.9 Å². The third kappa shape index (κ3) is 4.86. The molecule has 4 rings (SSSR count). The number of nitrogens with zero attached hydrogens (tertiary/aromatic N) is 2. The molecule has 0 saturated carbocycles. The number of benzene rings is 2. The van der Waals surface area contributed by atoms with Crippen LogP contribution in [0, 0.1) is 6.92 Å². The Morgan fingerprint density at radius 3 is 2.62 bits per heavy atom. The summed E-state index contributed by atoms with van der Waals surface area (Å²) < 4.78 is 17.4. The third-order valence-electron chi connectivity index (χ3n) is 5.36. The number of oxazole rings is 1. The first-order valence-corrected chi connectivity index (χ1v) is 10.2. The van der Waals surface area contributed by atoms with Gasteiger partial charge in [-0.15, -0.1) is 0 Å². The van der Waals surface area contributed by atoms with Gasteiger partial charge in [0.2, 0.25) is 5.89 Å². The average molecular weight is 392 g/mol. The molecule has 0 bridgehead atoms. The molecule has 0 spiro atoms. The predicted molar refractivity (Wildman–Crippen MR) is 113 cm³/mol. The van der Waals surface area contributed by atoms with Gasteiger partial charge in [-0.1, -0.05) is 36.4 Å². The van der Waals surface area contributed by atoms with E-state index >= 15 is 0 Å². The summed E-state index contributed by atoms with van der Waals surface area (Å²) in [4.78, 5) is 7.18. The highest BCUT2D eigenvalue weighted by atomic mass is 16.5. The van der Waals surface area contributed by atoms with Crippen LogP contribution < -0.4 is 4.74 Å². The van der Waals surface area contributed by atoms with Crippen LogP contribution in [0.4, 0.5) is 0 Å². The lowest BCUT2D eigenvalue weighted by Crippen LogP contribution is -2.32. The molecule has 0 amide bonds. The van der Waals surface area contributed by atoms with Crippen molar-refractivity contribution in [2.24, 2.45) is 0 Å². The smallest absolute Gasteiger partial charge is 0.226 e. The van der Waals surface area contributed by atoms with Gasteiger partial charge in [-0.2, -0.15) is 0 Å². The van der Waals surface area contributed by atoms with Crippen molar-refractivity contribution in [3.63, 3.8) is 0 Å². The minimum absolute atomic E-state index is 0.269. The van der Waals surface area contributed by atoms with Crippen LogP contribution in [0.15, 0.2) is 59.0 Å². The maximum Gasteiger partial charge on any atom is 0.226 e. The minimum atomic E-state index is 0.269. The second-order valence-electron chi connectivity index (χ2n) is 7.50. The summed E-state index contributed by atoms with van der Waals surface area (Å²) in [6.45, 7) is 5.19. The predicted octanol–water partition coefficient (Wildman–Crippen LogP) is 4.84. The summed E-state index contributed by atoms with van der Waals surface area (Å²) in [5.41, 5.74) is 3.13. The summed E-state index contributed by atoms with van der Waals surface area (Å²) >= 11 is 0. The quantitative estimate of drug-likeness (QED) is 0.549. The molecule has 1 fully saturated rings. The number of rotatable bonds is 8. The van der Waals surface area contributed by atoms with Crippen molar-refractivity contribution in [1.82, 2.24) is 9.88 Å². The fourth-order valence-electron chi connectivity index (χ4n) is 3.83. The van der Waals surface area contributed by atoms with Gasteiger partial charge in [0.05, 0.1) is 18.9 Å². The van der Waals surface area contributed by atoms with Gasteiger partial charge >= 0.3 is 0 Å². The average Bonchev–Trinajstić information content (AvgIpc) is 3.39. The summed E-state index contributed by atoms with van der Waals surface area (Å²) in [6.07, 6.45) is 2.51. The zero-order chi connectivity index (χ0) is 20.1. The van der Waals surface area contributed by atoms with E-state index in [9.17, 15) is 0 Å². The van der Waals surface area contributed by atoms with Crippen LogP contribution in [0.25, 0.3) is 11.5 Å². The van der Waals surface area contributed by atoms with Crippen LogP contribution >= 0.6 is 0 Å². The Balaban J connectivity index is 1.55. The molecule has 0 N–H and O–H groups in total. The van der Waals surface area contributed by atoms with Crippen molar-refractivity contribution >= 4 is 0 Å². The van der Waals surface area contributed by atoms with Gasteiger partial charge in [-0.05, 0) is 38.0 Å². The second kappa shape index (κ2) is 9.25. The van der Waals surface area contributed by atoms with Gasteiger partial charge in [-0.3, -0.25) is 4.90 Å². The van der Waals surface area contributed by atoms with Gasteiger partial charge in [0.1, 0.15) is 11.5 Å². The summed E-state index contributed by atoms with van der Waals surface area (Å²) in [6, 6.07) is 18.2. The molecular weight excluding hydrogens is 364 g/mol. The zero-order valence-corrected chi connectivity index (χ0v) is 17.1. The Morgan fingerprint density at radius 1 is 1.07 bits per heavy atom. The molecule has 5 nitrogen and oxygen atoms in total. The van der Waals surface area contributed by atoms with Crippen LogP contribution in [0.5, 0.6) is 5.75 Å². The van der Waals surface area contributed by atoms with E-state index in [-0.39, 0.29) is 6.10 Å². The highest BCUT2D eigenvalue weighted by molar-refractivity contribution is 5.53. The Morgan fingerprint density at radius 2 is 1.86 bits per heavy atom. The van der Waals surface area contributed by atoms with Gasteiger partial charge in [0.15, 0.2) is 0 Å². The molecule has 1 aliphatic heterocycles. The van der Waals surface area contributed by atoms with Gasteiger partial charge < -0.3 is 13.9 Å². The molecule has 152 valence electrons. The standard InChI is InChI=1S/C24H28N2O3/c1-18-22(25-24(29-18)19-9-4-3-5-10-19)17-26(16-21-12-8-14-28-21)15-20-11-6-7-13-23(20)27-2/h3-7,9-11,13,21H,8,12,14-17H2,1-2H3. The number of ether oxygens (including phenoxy) is 2. The molecule has 29 heavy (non-hydrogen) atoms. The van der Waals surface area contributed by atoms with Gasteiger partial charge in [0.25, 0.3) is 0 Å². The lowest BCUT2D eigenvalue weighted by atomic mass is 10.1. The molecule has 1 aromatic heterocycles. The van der Waals surface area contributed by atoms with E-state index in [1.54, 1.807) is 7.11 Å². The Labute approximate surface area is 172 Å². The number of hydrogen-bond acceptors (Lipinski definition) is 5. The van der Waals surface area contributed by atoms with E-state index in [0.717, 1.165) is 60.9 Å². The molecule has 5 heteroatoms. The second-order valence-corrected chi connectivity index (χ2v) is 7.50. The van der Waals surface area contributed by atoms with E-state index in [1.165, 1.54) is 0 Å². The molecule has 1 aliphatic rings. The van der Waals surface area contributed by atoms with Gasteiger partial charge in [-0.25, -0.2) is 4.98 Å². The zero-order valence-electron chi connectivity index (χ0n) is 17.1. The summed E-state index contributed by atoms with van der Waals surface area (Å²) in [7, 11) is 1.72. The topological polar surface area (TPSA) is 47.7 Å². The van der Waals surface area contributed by atoms with Crippen molar-refractivity contribution in [2.75, 3.05) is 20.3 Å². The number of aryl methyl sites for hydroxylation is 1. The Hall–Kier alpha value is -2.63. The van der Waals surface area contributed by atoms with Crippen LogP contribution in [-0.4, -0.2) is 36.2 Å². The molecule has 2 aromatic carbocycles. The van der Waals surface area contributed by atoms with E-state index in [4.69, 9.17) is 18.9 Å².